The molecule has 1 atom stereocenters. The molecule has 0 radical (unpaired) electrons. The molecule has 1 aliphatic heterocycles. The molecule has 1 amide bonds. The van der Waals surface area contributed by atoms with E-state index in [0.717, 1.165) is 0 Å². The van der Waals surface area contributed by atoms with Crippen molar-refractivity contribution in [3.05, 3.63) is 70.6 Å². The molecule has 1 unspecified atom stereocenters. The van der Waals surface area contributed by atoms with Crippen molar-refractivity contribution in [2.45, 2.75) is 12.1 Å². The van der Waals surface area contributed by atoms with Gasteiger partial charge in [-0.25, -0.2) is 0 Å². The van der Waals surface area contributed by atoms with E-state index in [2.05, 4.69) is 10.3 Å². The van der Waals surface area contributed by atoms with Crippen LogP contribution in [0.3, 0.4) is 0 Å². The van der Waals surface area contributed by atoms with Gasteiger partial charge in [-0.1, -0.05) is 41.9 Å². The summed E-state index contributed by atoms with van der Waals surface area (Å²) < 4.78 is 48.5. The highest BCUT2D eigenvalue weighted by molar-refractivity contribution is 6.32. The maximum atomic E-state index is 12.9. The summed E-state index contributed by atoms with van der Waals surface area (Å²) in [5.41, 5.74) is -0.192. The van der Waals surface area contributed by atoms with Crippen molar-refractivity contribution in [2.24, 2.45) is 0 Å². The normalized spacial score (nSPS) is 15.5. The number of fused-ring (bicyclic) bond motifs is 2. The molecule has 0 bridgehead atoms. The van der Waals surface area contributed by atoms with E-state index in [9.17, 15) is 18.0 Å². The first kappa shape index (κ1) is 17.4. The lowest BCUT2D eigenvalue weighted by molar-refractivity contribution is -0.141. The number of aromatic nitrogens is 1. The Bertz CT molecular complexity index is 1030. The SMILES string of the molecule is O=C(Nc1nc(C(F)(F)F)co1)C1c2ccccc2Oc2c(Cl)cccc21. The van der Waals surface area contributed by atoms with E-state index in [1.54, 1.807) is 42.5 Å². The summed E-state index contributed by atoms with van der Waals surface area (Å²) in [5.74, 6) is -0.724. The summed E-state index contributed by atoms with van der Waals surface area (Å²) in [4.78, 5) is 16.1. The summed E-state index contributed by atoms with van der Waals surface area (Å²) in [6.45, 7) is 0. The molecule has 3 aromatic rings. The second-order valence-electron chi connectivity index (χ2n) is 5.76. The maximum Gasteiger partial charge on any atom is 0.436 e. The molecule has 27 heavy (non-hydrogen) atoms. The molecule has 0 spiro atoms. The second kappa shape index (κ2) is 6.31. The molecule has 1 N–H and O–H groups in total. The number of alkyl halides is 3. The molecule has 0 saturated heterocycles. The standard InChI is InChI=1S/C18H10ClF3N2O3/c19-11-6-3-5-10-14(9-4-1-2-7-12(9)27-15(10)11)16(25)24-17-23-13(8-26-17)18(20,21)22/h1-8,14H,(H,23,24,25). The van der Waals surface area contributed by atoms with Crippen LogP contribution in [-0.2, 0) is 11.0 Å². The van der Waals surface area contributed by atoms with Crippen molar-refractivity contribution in [1.82, 2.24) is 4.98 Å². The highest BCUT2D eigenvalue weighted by atomic mass is 35.5. The zero-order valence-corrected chi connectivity index (χ0v) is 14.1. The van der Waals surface area contributed by atoms with Crippen LogP contribution < -0.4 is 10.1 Å². The zero-order valence-electron chi connectivity index (χ0n) is 13.4. The Morgan fingerprint density at radius 3 is 2.59 bits per heavy atom. The molecule has 138 valence electrons. The summed E-state index contributed by atoms with van der Waals surface area (Å²) >= 11 is 6.18. The third-order valence-corrected chi connectivity index (χ3v) is 4.34. The number of nitrogens with zero attached hydrogens (tertiary/aromatic N) is 1. The smallest absolute Gasteiger partial charge is 0.436 e. The predicted octanol–water partition coefficient (Wildman–Crippen LogP) is 5.22. The fraction of sp³-hybridized carbons (Fsp3) is 0.111. The van der Waals surface area contributed by atoms with Gasteiger partial charge in [0.25, 0.3) is 0 Å². The molecular weight excluding hydrogens is 385 g/mol. The lowest BCUT2D eigenvalue weighted by Crippen LogP contribution is -2.25. The third kappa shape index (κ3) is 3.12. The first-order valence-corrected chi connectivity index (χ1v) is 8.11. The number of oxazole rings is 1. The number of rotatable bonds is 2. The number of ether oxygens (including phenoxy) is 1. The van der Waals surface area contributed by atoms with Gasteiger partial charge < -0.3 is 9.15 Å². The minimum Gasteiger partial charge on any atom is -0.455 e. The molecule has 0 aliphatic carbocycles. The molecule has 1 aliphatic rings. The summed E-state index contributed by atoms with van der Waals surface area (Å²) in [7, 11) is 0. The summed E-state index contributed by atoms with van der Waals surface area (Å²) in [6, 6.07) is 11.2. The highest BCUT2D eigenvalue weighted by Crippen LogP contribution is 2.47. The van der Waals surface area contributed by atoms with E-state index < -0.39 is 29.7 Å². The van der Waals surface area contributed by atoms with Gasteiger partial charge in [-0.2, -0.15) is 18.2 Å². The Kier molecular flexibility index (Phi) is 4.07. The van der Waals surface area contributed by atoms with E-state index in [4.69, 9.17) is 20.8 Å². The van der Waals surface area contributed by atoms with E-state index in [1.165, 1.54) is 0 Å². The minimum atomic E-state index is -4.67. The zero-order chi connectivity index (χ0) is 19.2. The second-order valence-corrected chi connectivity index (χ2v) is 6.16. The quantitative estimate of drug-likeness (QED) is 0.647. The van der Waals surface area contributed by atoms with E-state index >= 15 is 0 Å². The third-order valence-electron chi connectivity index (χ3n) is 4.04. The van der Waals surface area contributed by atoms with Crippen LogP contribution in [0.2, 0.25) is 5.02 Å². The lowest BCUT2D eigenvalue weighted by atomic mass is 9.87. The van der Waals surface area contributed by atoms with Gasteiger partial charge in [-0.3, -0.25) is 10.1 Å². The number of halogens is 4. The summed E-state index contributed by atoms with van der Waals surface area (Å²) in [5, 5.41) is 2.61. The molecular formula is C18H10ClF3N2O3. The van der Waals surface area contributed by atoms with Gasteiger partial charge in [-0.15, -0.1) is 0 Å². The minimum absolute atomic E-state index is 0.315. The van der Waals surface area contributed by atoms with Gasteiger partial charge in [0.05, 0.1) is 10.9 Å². The van der Waals surface area contributed by atoms with Crippen molar-refractivity contribution in [1.29, 1.82) is 0 Å². The Morgan fingerprint density at radius 1 is 1.11 bits per heavy atom. The van der Waals surface area contributed by atoms with Gasteiger partial charge in [-0.05, 0) is 12.1 Å². The number of hydrogen-bond acceptors (Lipinski definition) is 4. The molecule has 9 heteroatoms. The molecule has 5 nitrogen and oxygen atoms in total. The maximum absolute atomic E-state index is 12.9. The van der Waals surface area contributed by atoms with Gasteiger partial charge in [0.15, 0.2) is 5.69 Å². The van der Waals surface area contributed by atoms with E-state index in [-0.39, 0.29) is 0 Å². The lowest BCUT2D eigenvalue weighted by Gasteiger charge is -2.27. The van der Waals surface area contributed by atoms with Crippen LogP contribution in [0.5, 0.6) is 11.5 Å². The molecule has 0 saturated carbocycles. The van der Waals surface area contributed by atoms with Crippen LogP contribution in [-0.4, -0.2) is 10.9 Å². The van der Waals surface area contributed by atoms with Gasteiger partial charge >= 0.3 is 12.2 Å². The van der Waals surface area contributed by atoms with Crippen LogP contribution in [0.15, 0.2) is 53.1 Å². The number of carbonyl (C=O) groups excluding carboxylic acids is 1. The molecule has 1 aromatic heterocycles. The number of amides is 1. The number of para-hydroxylation sites is 2. The van der Waals surface area contributed by atoms with Crippen LogP contribution in [0.1, 0.15) is 22.7 Å². The van der Waals surface area contributed by atoms with Crippen LogP contribution in [0.4, 0.5) is 19.2 Å². The van der Waals surface area contributed by atoms with Gasteiger partial charge in [0, 0.05) is 11.1 Å². The fourth-order valence-corrected chi connectivity index (χ4v) is 3.09. The number of anilines is 1. The number of nitrogens with one attached hydrogen (secondary N) is 1. The van der Waals surface area contributed by atoms with Gasteiger partial charge in [0.1, 0.15) is 17.8 Å². The van der Waals surface area contributed by atoms with Gasteiger partial charge in [0.2, 0.25) is 5.91 Å². The monoisotopic (exact) mass is 394 g/mol. The average Bonchev–Trinajstić information content (AvgIpc) is 3.09. The molecule has 4 rings (SSSR count). The van der Waals surface area contributed by atoms with Crippen molar-refractivity contribution >= 4 is 23.5 Å². The van der Waals surface area contributed by atoms with E-state index in [0.29, 0.717) is 33.9 Å². The average molecular weight is 395 g/mol. The van der Waals surface area contributed by atoms with Crippen LogP contribution in [0, 0.1) is 0 Å². The first-order valence-electron chi connectivity index (χ1n) is 7.73. The largest absolute Gasteiger partial charge is 0.455 e. The number of hydrogen-bond donors (Lipinski definition) is 1. The van der Waals surface area contributed by atoms with Crippen molar-refractivity contribution < 1.29 is 27.1 Å². The number of carbonyl (C=O) groups is 1. The van der Waals surface area contributed by atoms with Crippen LogP contribution >= 0.6 is 11.6 Å². The van der Waals surface area contributed by atoms with Crippen molar-refractivity contribution in [2.75, 3.05) is 5.32 Å². The molecule has 0 fully saturated rings. The van der Waals surface area contributed by atoms with Crippen LogP contribution in [0.25, 0.3) is 0 Å². The summed E-state index contributed by atoms with van der Waals surface area (Å²) in [6.07, 6.45) is -4.23. The molecule has 2 heterocycles. The number of benzene rings is 2. The van der Waals surface area contributed by atoms with E-state index in [1.807, 2.05) is 0 Å². The Morgan fingerprint density at radius 2 is 1.85 bits per heavy atom. The Hall–Kier alpha value is -3.00. The van der Waals surface area contributed by atoms with Crippen molar-refractivity contribution in [3.8, 4) is 11.5 Å². The fourth-order valence-electron chi connectivity index (χ4n) is 2.87. The molecule has 2 aromatic carbocycles. The predicted molar refractivity (Wildman–Crippen MR) is 89.9 cm³/mol. The topological polar surface area (TPSA) is 64.4 Å². The van der Waals surface area contributed by atoms with Crippen molar-refractivity contribution in [3.63, 3.8) is 0 Å². The Labute approximate surface area is 155 Å². The first-order chi connectivity index (χ1) is 12.8. The highest BCUT2D eigenvalue weighted by Gasteiger charge is 2.37. The Balaban J connectivity index is 1.72.